The Kier molecular flexibility index (Phi) is 7.87. The molecule has 3 rings (SSSR count). The summed E-state index contributed by atoms with van der Waals surface area (Å²) in [6, 6.07) is 3.19. The summed E-state index contributed by atoms with van der Waals surface area (Å²) in [6.45, 7) is 2.29. The number of esters is 1. The van der Waals surface area contributed by atoms with Crippen LogP contribution in [0.4, 0.5) is 8.78 Å². The molecule has 1 aromatic carbocycles. The van der Waals surface area contributed by atoms with Gasteiger partial charge in [-0.15, -0.1) is 0 Å². The smallest absolute Gasteiger partial charge is 0.311 e. The van der Waals surface area contributed by atoms with Crippen LogP contribution in [0.3, 0.4) is 0 Å². The van der Waals surface area contributed by atoms with Gasteiger partial charge in [0.15, 0.2) is 11.6 Å². The van der Waals surface area contributed by atoms with Crippen molar-refractivity contribution < 1.29 is 18.3 Å². The van der Waals surface area contributed by atoms with E-state index in [1.165, 1.54) is 70.3 Å². The highest BCUT2D eigenvalue weighted by atomic mass is 19.2. The fourth-order valence-electron chi connectivity index (χ4n) is 5.35. The summed E-state index contributed by atoms with van der Waals surface area (Å²) < 4.78 is 31.3. The first-order chi connectivity index (χ1) is 13.5. The van der Waals surface area contributed by atoms with Crippen LogP contribution < -0.4 is 4.74 Å². The van der Waals surface area contributed by atoms with E-state index in [0.717, 1.165) is 36.3 Å². The Bertz CT molecular complexity index is 629. The normalized spacial score (nSPS) is 28.1. The molecule has 0 saturated heterocycles. The van der Waals surface area contributed by atoms with Gasteiger partial charge in [0, 0.05) is 12.5 Å². The Morgan fingerprint density at radius 3 is 2.00 bits per heavy atom. The molecule has 2 aliphatic rings. The average molecular weight is 393 g/mol. The summed E-state index contributed by atoms with van der Waals surface area (Å²) in [7, 11) is 0. The molecule has 2 saturated carbocycles. The minimum atomic E-state index is -0.993. The molecule has 0 N–H and O–H groups in total. The number of ether oxygens (including phenoxy) is 1. The highest BCUT2D eigenvalue weighted by Crippen LogP contribution is 2.42. The van der Waals surface area contributed by atoms with Crippen molar-refractivity contribution in [3.05, 3.63) is 29.8 Å². The van der Waals surface area contributed by atoms with Gasteiger partial charge in [0.05, 0.1) is 0 Å². The van der Waals surface area contributed by atoms with Gasteiger partial charge in [-0.3, -0.25) is 4.79 Å². The van der Waals surface area contributed by atoms with Gasteiger partial charge >= 0.3 is 5.97 Å². The molecule has 0 radical (unpaired) electrons. The van der Waals surface area contributed by atoms with Crippen LogP contribution in [0.15, 0.2) is 18.2 Å². The first kappa shape index (κ1) is 21.3. The topological polar surface area (TPSA) is 26.3 Å². The lowest BCUT2D eigenvalue weighted by atomic mass is 9.68. The largest absolute Gasteiger partial charge is 0.426 e. The number of benzene rings is 1. The lowest BCUT2D eigenvalue weighted by Gasteiger charge is -2.38. The van der Waals surface area contributed by atoms with Gasteiger partial charge in [0.2, 0.25) is 0 Å². The predicted octanol–water partition coefficient (Wildman–Crippen LogP) is 7.06. The van der Waals surface area contributed by atoms with E-state index in [2.05, 4.69) is 6.92 Å². The Morgan fingerprint density at radius 1 is 0.893 bits per heavy atom. The molecule has 2 aliphatic carbocycles. The summed E-state index contributed by atoms with van der Waals surface area (Å²) >= 11 is 0. The van der Waals surface area contributed by atoms with Gasteiger partial charge in [0.25, 0.3) is 0 Å². The van der Waals surface area contributed by atoms with Crippen LogP contribution in [0.1, 0.15) is 84.0 Å². The molecular weight excluding hydrogens is 358 g/mol. The lowest BCUT2D eigenvalue weighted by molar-refractivity contribution is -0.134. The summed E-state index contributed by atoms with van der Waals surface area (Å²) in [5.41, 5.74) is 0. The van der Waals surface area contributed by atoms with Crippen LogP contribution in [0.25, 0.3) is 0 Å². The summed E-state index contributed by atoms with van der Waals surface area (Å²) in [4.78, 5) is 12.0. The van der Waals surface area contributed by atoms with E-state index in [9.17, 15) is 13.6 Å². The van der Waals surface area contributed by atoms with Gasteiger partial charge in [-0.2, -0.15) is 0 Å². The molecule has 0 amide bonds. The number of carbonyl (C=O) groups is 1. The fraction of sp³-hybridized carbons (Fsp3) is 0.708. The fourth-order valence-corrected chi connectivity index (χ4v) is 5.35. The van der Waals surface area contributed by atoms with Crippen LogP contribution in [0, 0.1) is 35.3 Å². The minimum Gasteiger partial charge on any atom is -0.426 e. The van der Waals surface area contributed by atoms with Crippen molar-refractivity contribution in [3.63, 3.8) is 0 Å². The molecule has 0 aromatic heterocycles. The molecular formula is C24H34F2O2. The molecule has 2 nitrogen and oxygen atoms in total. The van der Waals surface area contributed by atoms with Crippen molar-refractivity contribution in [2.45, 2.75) is 84.0 Å². The average Bonchev–Trinajstić information content (AvgIpc) is 2.70. The van der Waals surface area contributed by atoms with E-state index in [1.54, 1.807) is 0 Å². The van der Waals surface area contributed by atoms with E-state index < -0.39 is 11.6 Å². The third kappa shape index (κ3) is 6.02. The first-order valence-corrected chi connectivity index (χ1v) is 11.2. The summed E-state index contributed by atoms with van der Waals surface area (Å²) in [5, 5.41) is 0. The zero-order chi connectivity index (χ0) is 19.9. The van der Waals surface area contributed by atoms with Crippen molar-refractivity contribution in [3.8, 4) is 5.75 Å². The minimum absolute atomic E-state index is 0.0753. The van der Waals surface area contributed by atoms with Crippen molar-refractivity contribution in [1.82, 2.24) is 0 Å². The molecule has 0 spiro atoms. The number of hydrogen-bond donors (Lipinski definition) is 0. The summed E-state index contributed by atoms with van der Waals surface area (Å²) in [5.74, 6) is 1.15. The molecule has 2 fully saturated rings. The zero-order valence-electron chi connectivity index (χ0n) is 17.1. The van der Waals surface area contributed by atoms with E-state index >= 15 is 0 Å². The van der Waals surface area contributed by atoms with E-state index in [0.29, 0.717) is 12.3 Å². The SMILES string of the molecule is CCC[C@H]1CC[C@H](C2CCC(CCC(=O)Oc3ccc(F)c(F)c3)CC2)CC1. The quantitative estimate of drug-likeness (QED) is 0.367. The molecule has 0 unspecified atom stereocenters. The molecule has 0 atom stereocenters. The summed E-state index contributed by atoms with van der Waals surface area (Å²) in [6.07, 6.45) is 14.6. The second-order valence-corrected chi connectivity index (χ2v) is 8.94. The maximum Gasteiger partial charge on any atom is 0.311 e. The number of carbonyl (C=O) groups excluding carboxylic acids is 1. The zero-order valence-corrected chi connectivity index (χ0v) is 17.1. The molecule has 156 valence electrons. The third-order valence-electron chi connectivity index (χ3n) is 7.03. The number of hydrogen-bond acceptors (Lipinski definition) is 2. The molecule has 1 aromatic rings. The maximum atomic E-state index is 13.2. The van der Waals surface area contributed by atoms with Gasteiger partial charge in [0.1, 0.15) is 5.75 Å². The second-order valence-electron chi connectivity index (χ2n) is 8.94. The van der Waals surface area contributed by atoms with E-state index in [4.69, 9.17) is 4.74 Å². The van der Waals surface area contributed by atoms with E-state index in [-0.39, 0.29) is 11.7 Å². The molecule has 28 heavy (non-hydrogen) atoms. The van der Waals surface area contributed by atoms with Crippen LogP contribution in [-0.4, -0.2) is 5.97 Å². The maximum absolute atomic E-state index is 13.2. The predicted molar refractivity (Wildman–Crippen MR) is 107 cm³/mol. The third-order valence-corrected chi connectivity index (χ3v) is 7.03. The molecule has 4 heteroatoms. The lowest BCUT2D eigenvalue weighted by Crippen LogP contribution is -2.26. The van der Waals surface area contributed by atoms with Gasteiger partial charge in [-0.05, 0) is 67.9 Å². The van der Waals surface area contributed by atoms with Gasteiger partial charge in [-0.1, -0.05) is 45.4 Å². The Hall–Kier alpha value is -1.45. The van der Waals surface area contributed by atoms with Gasteiger partial charge in [-0.25, -0.2) is 8.78 Å². The van der Waals surface area contributed by atoms with Crippen molar-refractivity contribution >= 4 is 5.97 Å². The second kappa shape index (κ2) is 10.4. The van der Waals surface area contributed by atoms with Crippen LogP contribution >= 0.6 is 0 Å². The molecule has 0 heterocycles. The first-order valence-electron chi connectivity index (χ1n) is 11.2. The molecule has 0 bridgehead atoms. The van der Waals surface area contributed by atoms with Crippen LogP contribution in [0.2, 0.25) is 0 Å². The molecule has 0 aliphatic heterocycles. The van der Waals surface area contributed by atoms with E-state index in [1.807, 2.05) is 0 Å². The van der Waals surface area contributed by atoms with Crippen molar-refractivity contribution in [2.75, 3.05) is 0 Å². The Morgan fingerprint density at radius 2 is 1.46 bits per heavy atom. The van der Waals surface area contributed by atoms with Gasteiger partial charge < -0.3 is 4.74 Å². The number of rotatable bonds is 7. The van der Waals surface area contributed by atoms with Crippen molar-refractivity contribution in [1.29, 1.82) is 0 Å². The van der Waals surface area contributed by atoms with Crippen LogP contribution in [0.5, 0.6) is 5.75 Å². The highest BCUT2D eigenvalue weighted by molar-refractivity contribution is 5.72. The number of halogens is 2. The van der Waals surface area contributed by atoms with Crippen LogP contribution in [-0.2, 0) is 4.79 Å². The Labute approximate surface area is 168 Å². The highest BCUT2D eigenvalue weighted by Gasteiger charge is 2.30. The van der Waals surface area contributed by atoms with Crippen molar-refractivity contribution in [2.24, 2.45) is 23.7 Å². The Balaban J connectivity index is 1.34. The standard InChI is InChI=1S/C24H34F2O2/c1-2-3-17-4-9-19(10-5-17)20-11-6-18(7-12-20)8-15-24(27)28-21-13-14-22(25)23(26)16-21/h13-14,16-20H,2-12,15H2,1H3/t17-,18?,19-,20?. The monoisotopic (exact) mass is 392 g/mol.